The normalized spacial score (nSPS) is 25.9. The largest absolute Gasteiger partial charge is 0.381 e. The number of ether oxygens (including phenoxy) is 1. The predicted molar refractivity (Wildman–Crippen MR) is 78.4 cm³/mol. The van der Waals surface area contributed by atoms with Crippen molar-refractivity contribution < 1.29 is 4.74 Å². The molecule has 3 heterocycles. The molecule has 0 saturated carbocycles. The minimum Gasteiger partial charge on any atom is -0.381 e. The fraction of sp³-hybridized carbons (Fsp3) is 0.800. The SMILES string of the molecule is NC(c1cncn1CCN1CCCCC1)C1CCOC1. The van der Waals surface area contributed by atoms with Crippen molar-refractivity contribution >= 4 is 0 Å². The monoisotopic (exact) mass is 278 g/mol. The minimum absolute atomic E-state index is 0.0568. The van der Waals surface area contributed by atoms with Crippen molar-refractivity contribution in [2.75, 3.05) is 32.8 Å². The van der Waals surface area contributed by atoms with Gasteiger partial charge < -0.3 is 19.9 Å². The van der Waals surface area contributed by atoms with Gasteiger partial charge in [-0.1, -0.05) is 6.42 Å². The number of aromatic nitrogens is 2. The molecule has 20 heavy (non-hydrogen) atoms. The highest BCUT2D eigenvalue weighted by atomic mass is 16.5. The number of nitrogens with two attached hydrogens (primary N) is 1. The van der Waals surface area contributed by atoms with Crippen LogP contribution in [0.15, 0.2) is 12.5 Å². The van der Waals surface area contributed by atoms with Gasteiger partial charge >= 0.3 is 0 Å². The maximum absolute atomic E-state index is 6.40. The first-order valence-corrected chi connectivity index (χ1v) is 7.90. The second-order valence-electron chi connectivity index (χ2n) is 6.06. The van der Waals surface area contributed by atoms with Gasteiger partial charge in [0.05, 0.1) is 24.7 Å². The van der Waals surface area contributed by atoms with Gasteiger partial charge in [0.25, 0.3) is 0 Å². The number of hydrogen-bond acceptors (Lipinski definition) is 4. The van der Waals surface area contributed by atoms with Crippen LogP contribution < -0.4 is 5.73 Å². The maximum Gasteiger partial charge on any atom is 0.0949 e. The van der Waals surface area contributed by atoms with Crippen molar-refractivity contribution in [3.63, 3.8) is 0 Å². The van der Waals surface area contributed by atoms with Gasteiger partial charge in [0.1, 0.15) is 0 Å². The summed E-state index contributed by atoms with van der Waals surface area (Å²) in [6.45, 7) is 6.23. The minimum atomic E-state index is 0.0568. The molecule has 0 bridgehead atoms. The maximum atomic E-state index is 6.40. The van der Waals surface area contributed by atoms with E-state index in [-0.39, 0.29) is 6.04 Å². The number of rotatable bonds is 5. The van der Waals surface area contributed by atoms with E-state index < -0.39 is 0 Å². The second kappa shape index (κ2) is 6.70. The van der Waals surface area contributed by atoms with Crippen LogP contribution in [0.1, 0.15) is 37.4 Å². The highest BCUT2D eigenvalue weighted by molar-refractivity contribution is 5.07. The summed E-state index contributed by atoms with van der Waals surface area (Å²) in [4.78, 5) is 6.86. The number of hydrogen-bond donors (Lipinski definition) is 1. The fourth-order valence-corrected chi connectivity index (χ4v) is 3.31. The van der Waals surface area contributed by atoms with E-state index in [0.717, 1.165) is 38.4 Å². The lowest BCUT2D eigenvalue weighted by atomic mass is 9.97. The third-order valence-electron chi connectivity index (χ3n) is 4.66. The molecule has 5 heteroatoms. The molecule has 2 aliphatic rings. The Bertz CT molecular complexity index is 408. The van der Waals surface area contributed by atoms with Crippen LogP contribution in [0.5, 0.6) is 0 Å². The molecular weight excluding hydrogens is 252 g/mol. The van der Waals surface area contributed by atoms with Gasteiger partial charge in [-0.2, -0.15) is 0 Å². The lowest BCUT2D eigenvalue weighted by molar-refractivity contribution is 0.179. The topological polar surface area (TPSA) is 56.3 Å². The fourth-order valence-electron chi connectivity index (χ4n) is 3.31. The Morgan fingerprint density at radius 2 is 2.15 bits per heavy atom. The summed E-state index contributed by atoms with van der Waals surface area (Å²) >= 11 is 0. The molecule has 2 atom stereocenters. The lowest BCUT2D eigenvalue weighted by Gasteiger charge is -2.27. The Hall–Kier alpha value is -0.910. The number of imidazole rings is 1. The molecule has 1 aromatic rings. The van der Waals surface area contributed by atoms with Gasteiger partial charge in [0.15, 0.2) is 0 Å². The second-order valence-corrected chi connectivity index (χ2v) is 6.06. The highest BCUT2D eigenvalue weighted by Gasteiger charge is 2.26. The first kappa shape index (κ1) is 14.0. The molecule has 2 unspecified atom stereocenters. The van der Waals surface area contributed by atoms with E-state index in [1.165, 1.54) is 32.4 Å². The zero-order valence-corrected chi connectivity index (χ0v) is 12.2. The first-order valence-electron chi connectivity index (χ1n) is 7.90. The molecule has 0 aromatic carbocycles. The number of piperidine rings is 1. The molecule has 0 radical (unpaired) electrons. The molecule has 0 spiro atoms. The standard InChI is InChI=1S/C15H26N4O/c16-15(13-4-9-20-11-13)14-10-17-12-19(14)8-7-18-5-2-1-3-6-18/h10,12-13,15H,1-9,11,16H2. The van der Waals surface area contributed by atoms with Crippen molar-refractivity contribution in [1.29, 1.82) is 0 Å². The van der Waals surface area contributed by atoms with Crippen LogP contribution in [0.25, 0.3) is 0 Å². The van der Waals surface area contributed by atoms with Gasteiger partial charge in [-0.25, -0.2) is 4.98 Å². The summed E-state index contributed by atoms with van der Waals surface area (Å²) < 4.78 is 7.69. The number of nitrogens with zero attached hydrogens (tertiary/aromatic N) is 3. The molecule has 2 fully saturated rings. The van der Waals surface area contributed by atoms with Gasteiger partial charge in [-0.3, -0.25) is 0 Å². The van der Waals surface area contributed by atoms with Gasteiger partial charge in [0.2, 0.25) is 0 Å². The van der Waals surface area contributed by atoms with E-state index >= 15 is 0 Å². The molecule has 2 saturated heterocycles. The van der Waals surface area contributed by atoms with E-state index in [4.69, 9.17) is 10.5 Å². The molecule has 0 amide bonds. The van der Waals surface area contributed by atoms with Gasteiger partial charge in [0, 0.05) is 31.8 Å². The number of likely N-dealkylation sites (tertiary alicyclic amines) is 1. The highest BCUT2D eigenvalue weighted by Crippen LogP contribution is 2.26. The van der Waals surface area contributed by atoms with E-state index in [2.05, 4.69) is 14.5 Å². The van der Waals surface area contributed by atoms with Crippen molar-refractivity contribution in [3.8, 4) is 0 Å². The average molecular weight is 278 g/mol. The van der Waals surface area contributed by atoms with Crippen molar-refractivity contribution in [1.82, 2.24) is 14.5 Å². The van der Waals surface area contributed by atoms with Crippen LogP contribution in [0.4, 0.5) is 0 Å². The molecule has 5 nitrogen and oxygen atoms in total. The van der Waals surface area contributed by atoms with Crippen molar-refractivity contribution in [3.05, 3.63) is 18.2 Å². The molecule has 3 rings (SSSR count). The smallest absolute Gasteiger partial charge is 0.0949 e. The predicted octanol–water partition coefficient (Wildman–Crippen LogP) is 1.41. The van der Waals surface area contributed by atoms with Gasteiger partial charge in [-0.05, 0) is 32.4 Å². The summed E-state index contributed by atoms with van der Waals surface area (Å²) in [5, 5.41) is 0. The van der Waals surface area contributed by atoms with Crippen LogP contribution in [0.2, 0.25) is 0 Å². The molecule has 2 N–H and O–H groups in total. The Labute approximate surface area is 121 Å². The summed E-state index contributed by atoms with van der Waals surface area (Å²) in [5.41, 5.74) is 7.56. The molecule has 0 aliphatic carbocycles. The van der Waals surface area contributed by atoms with Crippen molar-refractivity contribution in [2.24, 2.45) is 11.7 Å². The third-order valence-corrected chi connectivity index (χ3v) is 4.66. The Morgan fingerprint density at radius 1 is 1.30 bits per heavy atom. The third kappa shape index (κ3) is 3.22. The summed E-state index contributed by atoms with van der Waals surface area (Å²) in [6.07, 6.45) is 9.00. The van der Waals surface area contributed by atoms with E-state index in [9.17, 15) is 0 Å². The summed E-state index contributed by atoms with van der Waals surface area (Å²) in [6, 6.07) is 0.0568. The van der Waals surface area contributed by atoms with E-state index in [0.29, 0.717) is 5.92 Å². The van der Waals surface area contributed by atoms with Crippen LogP contribution in [0, 0.1) is 5.92 Å². The van der Waals surface area contributed by atoms with Gasteiger partial charge in [-0.15, -0.1) is 0 Å². The zero-order chi connectivity index (χ0) is 13.8. The van der Waals surface area contributed by atoms with Crippen LogP contribution in [-0.2, 0) is 11.3 Å². The molecule has 112 valence electrons. The van der Waals surface area contributed by atoms with Crippen LogP contribution >= 0.6 is 0 Å². The average Bonchev–Trinajstić information content (AvgIpc) is 3.17. The first-order chi connectivity index (χ1) is 9.84. The van der Waals surface area contributed by atoms with E-state index in [1.54, 1.807) is 0 Å². The quantitative estimate of drug-likeness (QED) is 0.884. The molecule has 1 aromatic heterocycles. The Kier molecular flexibility index (Phi) is 4.70. The zero-order valence-electron chi connectivity index (χ0n) is 12.2. The Morgan fingerprint density at radius 3 is 2.90 bits per heavy atom. The molecule has 2 aliphatic heterocycles. The molecular formula is C15H26N4O. The van der Waals surface area contributed by atoms with E-state index in [1.807, 2.05) is 12.5 Å². The summed E-state index contributed by atoms with van der Waals surface area (Å²) in [5.74, 6) is 0.445. The summed E-state index contributed by atoms with van der Waals surface area (Å²) in [7, 11) is 0. The lowest BCUT2D eigenvalue weighted by Crippen LogP contribution is -2.33. The Balaban J connectivity index is 1.57. The van der Waals surface area contributed by atoms with Crippen LogP contribution in [-0.4, -0.2) is 47.3 Å². The van der Waals surface area contributed by atoms with Crippen LogP contribution in [0.3, 0.4) is 0 Å². The van der Waals surface area contributed by atoms with Crippen molar-refractivity contribution in [2.45, 2.75) is 38.3 Å².